The van der Waals surface area contributed by atoms with Gasteiger partial charge in [-0.05, 0) is 12.8 Å². The van der Waals surface area contributed by atoms with Crippen LogP contribution in [0.15, 0.2) is 0 Å². The molecule has 21 heavy (non-hydrogen) atoms. The molecule has 0 aromatic heterocycles. The van der Waals surface area contributed by atoms with Crippen molar-refractivity contribution in [1.29, 1.82) is 0 Å². The Labute approximate surface area is 131 Å². The molecule has 0 aromatic rings. The molecule has 0 saturated carbocycles. The summed E-state index contributed by atoms with van der Waals surface area (Å²) in [5, 5.41) is 8.65. The van der Waals surface area contributed by atoms with Gasteiger partial charge in [0.25, 0.3) is 0 Å². The first-order valence-electron chi connectivity index (χ1n) is 9.04. The van der Waals surface area contributed by atoms with E-state index in [1.165, 1.54) is 64.2 Å². The van der Waals surface area contributed by atoms with Gasteiger partial charge in [0.05, 0.1) is 6.10 Å². The highest BCUT2D eigenvalue weighted by Crippen LogP contribution is 2.15. The van der Waals surface area contributed by atoms with Gasteiger partial charge in [0.15, 0.2) is 0 Å². The number of carboxylic acid groups (broad SMARTS) is 1. The molecule has 1 unspecified atom stereocenters. The maximum absolute atomic E-state index is 10.5. The van der Waals surface area contributed by atoms with Gasteiger partial charge in [-0.15, -0.1) is 0 Å². The van der Waals surface area contributed by atoms with Crippen LogP contribution in [0, 0.1) is 0 Å². The second-order valence-electron chi connectivity index (χ2n) is 6.09. The van der Waals surface area contributed by atoms with Gasteiger partial charge < -0.3 is 9.84 Å². The second-order valence-corrected chi connectivity index (χ2v) is 6.09. The number of unbranched alkanes of at least 4 members (excludes halogenated alkanes) is 9. The van der Waals surface area contributed by atoms with Gasteiger partial charge in [0.2, 0.25) is 0 Å². The Morgan fingerprint density at radius 3 is 1.81 bits per heavy atom. The first-order valence-corrected chi connectivity index (χ1v) is 9.04. The molecule has 0 fully saturated rings. The highest BCUT2D eigenvalue weighted by Gasteiger charge is 2.09. The van der Waals surface area contributed by atoms with Crippen molar-refractivity contribution in [3.05, 3.63) is 0 Å². The average molecular weight is 300 g/mol. The fourth-order valence-electron chi connectivity index (χ4n) is 2.68. The molecule has 0 saturated heterocycles. The lowest BCUT2D eigenvalue weighted by Crippen LogP contribution is -2.18. The van der Waals surface area contributed by atoms with Gasteiger partial charge in [0.1, 0.15) is 6.61 Å². The van der Waals surface area contributed by atoms with Crippen LogP contribution < -0.4 is 0 Å². The van der Waals surface area contributed by atoms with Crippen LogP contribution in [0.25, 0.3) is 0 Å². The third-order valence-electron chi connectivity index (χ3n) is 3.93. The molecule has 0 aliphatic carbocycles. The largest absolute Gasteiger partial charge is 0.480 e. The van der Waals surface area contributed by atoms with E-state index in [-0.39, 0.29) is 12.7 Å². The highest BCUT2D eigenvalue weighted by molar-refractivity contribution is 5.68. The number of carbonyl (C=O) groups is 1. The summed E-state index contributed by atoms with van der Waals surface area (Å²) < 4.78 is 5.43. The van der Waals surface area contributed by atoms with Crippen LogP contribution in [-0.2, 0) is 9.53 Å². The average Bonchev–Trinajstić information content (AvgIpc) is 2.46. The van der Waals surface area contributed by atoms with Gasteiger partial charge in [-0.3, -0.25) is 0 Å². The lowest BCUT2D eigenvalue weighted by atomic mass is 10.0. The number of hydrogen-bond donors (Lipinski definition) is 1. The van der Waals surface area contributed by atoms with E-state index in [2.05, 4.69) is 13.8 Å². The number of carboxylic acids is 1. The summed E-state index contributed by atoms with van der Waals surface area (Å²) in [6, 6.07) is 0. The predicted molar refractivity (Wildman–Crippen MR) is 88.7 cm³/mol. The molecule has 1 atom stereocenters. The molecule has 0 bridgehead atoms. The second kappa shape index (κ2) is 15.8. The molecular weight excluding hydrogens is 264 g/mol. The minimum absolute atomic E-state index is 0.139. The van der Waals surface area contributed by atoms with Gasteiger partial charge >= 0.3 is 5.97 Å². The quantitative estimate of drug-likeness (QED) is 0.379. The molecule has 0 rings (SSSR count). The van der Waals surface area contributed by atoms with Gasteiger partial charge in [-0.25, -0.2) is 4.79 Å². The van der Waals surface area contributed by atoms with Crippen molar-refractivity contribution in [2.24, 2.45) is 0 Å². The van der Waals surface area contributed by atoms with Gasteiger partial charge in [0, 0.05) is 0 Å². The van der Waals surface area contributed by atoms with Crippen LogP contribution in [0.2, 0.25) is 0 Å². The smallest absolute Gasteiger partial charge is 0.329 e. The zero-order valence-electron chi connectivity index (χ0n) is 14.2. The number of rotatable bonds is 16. The van der Waals surface area contributed by atoms with Crippen LogP contribution in [0.5, 0.6) is 0 Å². The Morgan fingerprint density at radius 2 is 1.33 bits per heavy atom. The number of hydrogen-bond acceptors (Lipinski definition) is 2. The number of aliphatic carboxylic acids is 1. The van der Waals surface area contributed by atoms with E-state index in [1.54, 1.807) is 0 Å². The lowest BCUT2D eigenvalue weighted by Gasteiger charge is -2.15. The molecule has 0 spiro atoms. The summed E-state index contributed by atoms with van der Waals surface area (Å²) in [4.78, 5) is 10.5. The summed E-state index contributed by atoms with van der Waals surface area (Å²) in [6.07, 6.45) is 16.5. The van der Waals surface area contributed by atoms with Crippen LogP contribution in [0.1, 0.15) is 97.3 Å². The first-order chi connectivity index (χ1) is 10.2. The molecule has 0 aromatic carbocycles. The van der Waals surface area contributed by atoms with E-state index < -0.39 is 5.97 Å². The molecule has 0 aliphatic rings. The summed E-state index contributed by atoms with van der Waals surface area (Å²) in [5.41, 5.74) is 0. The van der Waals surface area contributed by atoms with E-state index in [0.717, 1.165) is 19.3 Å². The maximum Gasteiger partial charge on any atom is 0.329 e. The molecular formula is C18H36O3. The Bertz CT molecular complexity index is 229. The molecule has 3 nitrogen and oxygen atoms in total. The third-order valence-corrected chi connectivity index (χ3v) is 3.93. The zero-order valence-corrected chi connectivity index (χ0v) is 14.2. The maximum atomic E-state index is 10.5. The van der Waals surface area contributed by atoms with Crippen molar-refractivity contribution in [3.63, 3.8) is 0 Å². The van der Waals surface area contributed by atoms with Gasteiger partial charge in [-0.1, -0.05) is 84.5 Å². The Hall–Kier alpha value is -0.570. The SMILES string of the molecule is CCCCCCCCCCCCC(CCC)OCC(=O)O. The van der Waals surface area contributed by atoms with Crippen LogP contribution in [-0.4, -0.2) is 23.8 Å². The van der Waals surface area contributed by atoms with E-state index in [4.69, 9.17) is 9.84 Å². The fourth-order valence-corrected chi connectivity index (χ4v) is 2.68. The Morgan fingerprint density at radius 1 is 0.810 bits per heavy atom. The van der Waals surface area contributed by atoms with E-state index in [0.29, 0.717) is 0 Å². The molecule has 126 valence electrons. The summed E-state index contributed by atoms with van der Waals surface area (Å²) in [7, 11) is 0. The Balaban J connectivity index is 3.38. The third kappa shape index (κ3) is 15.6. The van der Waals surface area contributed by atoms with E-state index >= 15 is 0 Å². The van der Waals surface area contributed by atoms with Crippen LogP contribution >= 0.6 is 0 Å². The molecule has 0 heterocycles. The van der Waals surface area contributed by atoms with Crippen molar-refractivity contribution in [2.45, 2.75) is 103 Å². The summed E-state index contributed by atoms with van der Waals surface area (Å²) in [5.74, 6) is -0.862. The fraction of sp³-hybridized carbons (Fsp3) is 0.944. The highest BCUT2D eigenvalue weighted by atomic mass is 16.5. The van der Waals surface area contributed by atoms with Crippen molar-refractivity contribution in [3.8, 4) is 0 Å². The standard InChI is InChI=1S/C18H36O3/c1-3-5-6-7-8-9-10-11-12-13-15-17(14-4-2)21-16-18(19)20/h17H,3-16H2,1-2H3,(H,19,20). The van der Waals surface area contributed by atoms with E-state index in [9.17, 15) is 4.79 Å². The van der Waals surface area contributed by atoms with E-state index in [1.807, 2.05) is 0 Å². The normalized spacial score (nSPS) is 12.5. The first kappa shape index (κ1) is 20.4. The molecule has 0 radical (unpaired) electrons. The van der Waals surface area contributed by atoms with Crippen molar-refractivity contribution >= 4 is 5.97 Å². The molecule has 1 N–H and O–H groups in total. The summed E-state index contributed by atoms with van der Waals surface area (Å²) in [6.45, 7) is 4.23. The van der Waals surface area contributed by atoms with Crippen molar-refractivity contribution in [2.75, 3.05) is 6.61 Å². The molecule has 3 heteroatoms. The molecule has 0 amide bonds. The minimum Gasteiger partial charge on any atom is -0.480 e. The monoisotopic (exact) mass is 300 g/mol. The van der Waals surface area contributed by atoms with Crippen LogP contribution in [0.3, 0.4) is 0 Å². The zero-order chi connectivity index (χ0) is 15.8. The minimum atomic E-state index is -0.862. The topological polar surface area (TPSA) is 46.5 Å². The molecule has 0 aliphatic heterocycles. The van der Waals surface area contributed by atoms with Crippen LogP contribution in [0.4, 0.5) is 0 Å². The van der Waals surface area contributed by atoms with Crippen molar-refractivity contribution < 1.29 is 14.6 Å². The Kier molecular flexibility index (Phi) is 15.4. The predicted octanol–water partition coefficient (Wildman–Crippen LogP) is 5.57. The lowest BCUT2D eigenvalue weighted by molar-refractivity contribution is -0.144. The van der Waals surface area contributed by atoms with Gasteiger partial charge in [-0.2, -0.15) is 0 Å². The summed E-state index contributed by atoms with van der Waals surface area (Å²) >= 11 is 0. The van der Waals surface area contributed by atoms with Crippen molar-refractivity contribution in [1.82, 2.24) is 0 Å². The number of ether oxygens (including phenoxy) is 1.